The molecule has 3 fully saturated rings. The van der Waals surface area contributed by atoms with Crippen molar-refractivity contribution in [3.63, 3.8) is 0 Å². The number of amides is 4. The highest BCUT2D eigenvalue weighted by atomic mass is 16.2. The normalized spacial score (nSPS) is 21.8. The highest BCUT2D eigenvalue weighted by Gasteiger charge is 2.47. The maximum atomic E-state index is 13.3. The fourth-order valence-electron chi connectivity index (χ4n) is 6.16. The average Bonchev–Trinajstić information content (AvgIpc) is 3.58. The van der Waals surface area contributed by atoms with E-state index in [1.807, 2.05) is 35.2 Å². The molecule has 0 bridgehead atoms. The summed E-state index contributed by atoms with van der Waals surface area (Å²) in [5.74, 6) is -1.05. The van der Waals surface area contributed by atoms with Crippen LogP contribution in [0, 0.1) is 11.3 Å². The largest absolute Gasteiger partial charge is 0.369 e. The quantitative estimate of drug-likeness (QED) is 0.370. The number of nitrogens with one attached hydrogen (secondary N) is 2. The van der Waals surface area contributed by atoms with Crippen molar-refractivity contribution in [3.05, 3.63) is 35.9 Å². The Labute approximate surface area is 219 Å². The minimum Gasteiger partial charge on any atom is -0.369 e. The molecule has 1 aromatic rings. The predicted octanol–water partition coefficient (Wildman–Crippen LogP) is 1.39. The Kier molecular flexibility index (Phi) is 8.52. The van der Waals surface area contributed by atoms with Crippen LogP contribution in [0.2, 0.25) is 0 Å². The van der Waals surface area contributed by atoms with Crippen molar-refractivity contribution in [1.29, 1.82) is 0 Å². The molecule has 9 heteroatoms. The lowest BCUT2D eigenvalue weighted by Gasteiger charge is -2.37. The van der Waals surface area contributed by atoms with Gasteiger partial charge in [-0.1, -0.05) is 56.0 Å². The summed E-state index contributed by atoms with van der Waals surface area (Å²) in [5, 5.41) is 5.88. The van der Waals surface area contributed by atoms with E-state index in [-0.39, 0.29) is 17.7 Å². The monoisotopic (exact) mass is 511 g/mol. The van der Waals surface area contributed by atoms with Gasteiger partial charge in [0, 0.05) is 26.1 Å². The maximum Gasteiger partial charge on any atom is 0.242 e. The first kappa shape index (κ1) is 27.1. The lowest BCUT2D eigenvalue weighted by Crippen LogP contribution is -2.56. The van der Waals surface area contributed by atoms with E-state index in [0.717, 1.165) is 56.9 Å². The standard InChI is InChI=1S/C28H41N5O4/c29-24(35)27(12-4-5-13-27)25(36)32-22(18-20-8-2-1-3-9-20)23(34)31-19-21-10-16-33(17-11-21)26(37)28(30)14-6-7-15-28/h1-3,8-9,21-22H,4-7,10-19,30H2,(H2,29,35)(H,31,34)(H,32,36)/t22-/m1/s1. The summed E-state index contributed by atoms with van der Waals surface area (Å²) in [6.45, 7) is 1.75. The molecule has 0 spiro atoms. The van der Waals surface area contributed by atoms with E-state index in [2.05, 4.69) is 10.6 Å². The molecule has 6 N–H and O–H groups in total. The van der Waals surface area contributed by atoms with E-state index < -0.39 is 28.8 Å². The topological polar surface area (TPSA) is 148 Å². The van der Waals surface area contributed by atoms with Crippen LogP contribution in [0.3, 0.4) is 0 Å². The number of rotatable bonds is 9. The Morgan fingerprint density at radius 1 is 0.946 bits per heavy atom. The lowest BCUT2D eigenvalue weighted by atomic mass is 9.84. The zero-order chi connectivity index (χ0) is 26.5. The van der Waals surface area contributed by atoms with Crippen molar-refractivity contribution in [2.24, 2.45) is 22.8 Å². The zero-order valence-corrected chi connectivity index (χ0v) is 21.7. The molecule has 4 rings (SSSR count). The summed E-state index contributed by atoms with van der Waals surface area (Å²) in [4.78, 5) is 53.5. The van der Waals surface area contributed by atoms with Gasteiger partial charge in [0.05, 0.1) is 5.54 Å². The number of likely N-dealkylation sites (tertiary alicyclic amines) is 1. The molecule has 1 atom stereocenters. The second-order valence-corrected chi connectivity index (χ2v) is 11.2. The lowest BCUT2D eigenvalue weighted by molar-refractivity contribution is -0.143. The third-order valence-electron chi connectivity index (χ3n) is 8.66. The van der Waals surface area contributed by atoms with Crippen molar-refractivity contribution < 1.29 is 19.2 Å². The van der Waals surface area contributed by atoms with Crippen molar-refractivity contribution in [3.8, 4) is 0 Å². The van der Waals surface area contributed by atoms with E-state index in [9.17, 15) is 19.2 Å². The van der Waals surface area contributed by atoms with Gasteiger partial charge in [0.25, 0.3) is 0 Å². The van der Waals surface area contributed by atoms with Crippen LogP contribution in [0.15, 0.2) is 30.3 Å². The molecular weight excluding hydrogens is 470 g/mol. The van der Waals surface area contributed by atoms with Crippen LogP contribution >= 0.6 is 0 Å². The zero-order valence-electron chi connectivity index (χ0n) is 21.7. The SMILES string of the molecule is NC(=O)C1(C(=O)N[C@H](Cc2ccccc2)C(=O)NCC2CCN(C(=O)C3(N)CCCC3)CC2)CCCC1. The predicted molar refractivity (Wildman–Crippen MR) is 140 cm³/mol. The molecule has 2 aliphatic carbocycles. The summed E-state index contributed by atoms with van der Waals surface area (Å²) < 4.78 is 0. The molecule has 3 aliphatic rings. The number of nitrogens with two attached hydrogens (primary N) is 2. The van der Waals surface area contributed by atoms with E-state index in [0.29, 0.717) is 38.9 Å². The molecular formula is C28H41N5O4. The Morgan fingerprint density at radius 3 is 2.14 bits per heavy atom. The van der Waals surface area contributed by atoms with E-state index in [1.54, 1.807) is 0 Å². The second kappa shape index (κ2) is 11.6. The number of hydrogen-bond donors (Lipinski definition) is 4. The number of primary amides is 1. The van der Waals surface area contributed by atoms with Gasteiger partial charge in [0.1, 0.15) is 11.5 Å². The number of carbonyl (C=O) groups excluding carboxylic acids is 4. The van der Waals surface area contributed by atoms with Crippen LogP contribution < -0.4 is 22.1 Å². The summed E-state index contributed by atoms with van der Waals surface area (Å²) >= 11 is 0. The molecule has 1 saturated heterocycles. The van der Waals surface area contributed by atoms with Crippen molar-refractivity contribution >= 4 is 23.6 Å². The first-order chi connectivity index (χ1) is 17.7. The Morgan fingerprint density at radius 2 is 1.54 bits per heavy atom. The first-order valence-electron chi connectivity index (χ1n) is 13.7. The smallest absolute Gasteiger partial charge is 0.242 e. The molecule has 1 aromatic carbocycles. The van der Waals surface area contributed by atoms with Gasteiger partial charge in [-0.25, -0.2) is 0 Å². The Hall–Kier alpha value is -2.94. The molecule has 0 radical (unpaired) electrons. The molecule has 1 aliphatic heterocycles. The van der Waals surface area contributed by atoms with Gasteiger partial charge in [-0.3, -0.25) is 19.2 Å². The first-order valence-corrected chi connectivity index (χ1v) is 13.7. The summed E-state index contributed by atoms with van der Waals surface area (Å²) in [7, 11) is 0. The summed E-state index contributed by atoms with van der Waals surface area (Å²) in [5.41, 5.74) is 11.0. The van der Waals surface area contributed by atoms with Crippen LogP contribution in [0.5, 0.6) is 0 Å². The Bertz CT molecular complexity index is 978. The number of carbonyl (C=O) groups is 4. The minimum absolute atomic E-state index is 0.0633. The fourth-order valence-corrected chi connectivity index (χ4v) is 6.16. The van der Waals surface area contributed by atoms with Gasteiger partial charge < -0.3 is 27.0 Å². The maximum absolute atomic E-state index is 13.3. The summed E-state index contributed by atoms with van der Waals surface area (Å²) in [6.07, 6.45) is 7.78. The van der Waals surface area contributed by atoms with Crippen LogP contribution in [-0.4, -0.2) is 59.7 Å². The van der Waals surface area contributed by atoms with E-state index in [4.69, 9.17) is 11.5 Å². The summed E-state index contributed by atoms with van der Waals surface area (Å²) in [6, 6.07) is 8.68. The fraction of sp³-hybridized carbons (Fsp3) is 0.643. The second-order valence-electron chi connectivity index (χ2n) is 11.2. The third-order valence-corrected chi connectivity index (χ3v) is 8.66. The van der Waals surface area contributed by atoms with Gasteiger partial charge in [0.2, 0.25) is 23.6 Å². The highest BCUT2D eigenvalue weighted by Crippen LogP contribution is 2.38. The number of hydrogen-bond acceptors (Lipinski definition) is 5. The highest BCUT2D eigenvalue weighted by molar-refractivity contribution is 6.05. The van der Waals surface area contributed by atoms with Crippen molar-refractivity contribution in [1.82, 2.24) is 15.5 Å². The van der Waals surface area contributed by atoms with Crippen LogP contribution in [0.4, 0.5) is 0 Å². The molecule has 202 valence electrons. The van der Waals surface area contributed by atoms with Gasteiger partial charge in [-0.05, 0) is 50.0 Å². The number of piperidine rings is 1. The molecule has 0 unspecified atom stereocenters. The van der Waals surface area contributed by atoms with Gasteiger partial charge >= 0.3 is 0 Å². The molecule has 37 heavy (non-hydrogen) atoms. The molecule has 2 saturated carbocycles. The van der Waals surface area contributed by atoms with Crippen molar-refractivity contribution in [2.75, 3.05) is 19.6 Å². The van der Waals surface area contributed by atoms with Gasteiger partial charge in [-0.15, -0.1) is 0 Å². The molecule has 4 amide bonds. The van der Waals surface area contributed by atoms with E-state index in [1.165, 1.54) is 0 Å². The van der Waals surface area contributed by atoms with Gasteiger partial charge in [0.15, 0.2) is 0 Å². The molecule has 0 aromatic heterocycles. The van der Waals surface area contributed by atoms with Crippen molar-refractivity contribution in [2.45, 2.75) is 82.2 Å². The van der Waals surface area contributed by atoms with Crippen LogP contribution in [0.25, 0.3) is 0 Å². The number of nitrogens with zero attached hydrogens (tertiary/aromatic N) is 1. The number of benzene rings is 1. The Balaban J connectivity index is 1.34. The molecule has 9 nitrogen and oxygen atoms in total. The van der Waals surface area contributed by atoms with Crippen LogP contribution in [-0.2, 0) is 25.6 Å². The van der Waals surface area contributed by atoms with E-state index >= 15 is 0 Å². The van der Waals surface area contributed by atoms with Crippen LogP contribution in [0.1, 0.15) is 69.8 Å². The van der Waals surface area contributed by atoms with Gasteiger partial charge in [-0.2, -0.15) is 0 Å². The molecule has 1 heterocycles. The third kappa shape index (κ3) is 6.14. The average molecular weight is 512 g/mol. The minimum atomic E-state index is -1.24.